The number of piperazine rings is 1. The normalized spacial score (nSPS) is 32.5. The Morgan fingerprint density at radius 3 is 2.53 bits per heavy atom. The summed E-state index contributed by atoms with van der Waals surface area (Å²) >= 11 is 0. The molecular weight excluding hydrogens is 509 g/mol. The van der Waals surface area contributed by atoms with Crippen LogP contribution in [0.15, 0.2) is 41.3 Å². The van der Waals surface area contributed by atoms with Crippen molar-refractivity contribution >= 4 is 27.4 Å². The SMILES string of the molecule is C[C@@H]1CN(c2ccc(S(N)(=O)=O)cc2F)CCN1c1cccc(C(=O)N[C@H]2C3CC4CC2C[C@](O)(C4)C3)n1. The number of amides is 1. The molecule has 1 saturated heterocycles. The Bertz CT molecular complexity index is 1350. The molecule has 0 spiro atoms. The topological polar surface area (TPSA) is 129 Å². The van der Waals surface area contributed by atoms with Crippen LogP contribution in [0.5, 0.6) is 0 Å². The summed E-state index contributed by atoms with van der Waals surface area (Å²) in [4.78, 5) is 21.7. The molecule has 4 saturated carbocycles. The van der Waals surface area contributed by atoms with E-state index in [4.69, 9.17) is 5.14 Å². The van der Waals surface area contributed by atoms with E-state index in [9.17, 15) is 22.7 Å². The number of benzene rings is 1. The maximum Gasteiger partial charge on any atom is 0.270 e. The van der Waals surface area contributed by atoms with Crippen molar-refractivity contribution in [3.63, 3.8) is 0 Å². The van der Waals surface area contributed by atoms with Crippen LogP contribution in [0.2, 0.25) is 0 Å². The molecule has 204 valence electrons. The van der Waals surface area contributed by atoms with Crippen LogP contribution < -0.4 is 20.3 Å². The molecule has 1 aromatic carbocycles. The molecule has 11 heteroatoms. The van der Waals surface area contributed by atoms with E-state index >= 15 is 0 Å². The lowest BCUT2D eigenvalue weighted by Gasteiger charge is -2.58. The zero-order valence-corrected chi connectivity index (χ0v) is 22.2. The molecule has 3 atom stereocenters. The fourth-order valence-electron chi connectivity index (χ4n) is 7.59. The first-order valence-corrected chi connectivity index (χ1v) is 14.9. The highest BCUT2D eigenvalue weighted by molar-refractivity contribution is 7.89. The van der Waals surface area contributed by atoms with Gasteiger partial charge in [0.25, 0.3) is 5.91 Å². The van der Waals surface area contributed by atoms with Crippen molar-refractivity contribution in [3.05, 3.63) is 47.9 Å². The van der Waals surface area contributed by atoms with Crippen LogP contribution in [0, 0.1) is 23.6 Å². The van der Waals surface area contributed by atoms with Crippen LogP contribution in [0.4, 0.5) is 15.9 Å². The quantitative estimate of drug-likeness (QED) is 0.528. The first kappa shape index (κ1) is 25.5. The summed E-state index contributed by atoms with van der Waals surface area (Å²) in [6, 6.07) is 9.22. The number of hydrogen-bond acceptors (Lipinski definition) is 7. The highest BCUT2D eigenvalue weighted by atomic mass is 32.2. The Kier molecular flexibility index (Phi) is 6.16. The molecule has 5 aliphatic rings. The lowest BCUT2D eigenvalue weighted by Crippen LogP contribution is -2.61. The smallest absolute Gasteiger partial charge is 0.270 e. The fraction of sp³-hybridized carbons (Fsp3) is 0.556. The van der Waals surface area contributed by atoms with Gasteiger partial charge in [0, 0.05) is 31.7 Å². The summed E-state index contributed by atoms with van der Waals surface area (Å²) in [6.45, 7) is 3.57. The molecule has 0 radical (unpaired) electrons. The third-order valence-electron chi connectivity index (χ3n) is 9.02. The minimum atomic E-state index is -3.98. The van der Waals surface area contributed by atoms with Gasteiger partial charge in [-0.15, -0.1) is 0 Å². The molecule has 4 bridgehead atoms. The number of carbonyl (C=O) groups excluding carboxylic acids is 1. The predicted molar refractivity (Wildman–Crippen MR) is 141 cm³/mol. The molecule has 2 unspecified atom stereocenters. The summed E-state index contributed by atoms with van der Waals surface area (Å²) < 4.78 is 37.8. The third-order valence-corrected chi connectivity index (χ3v) is 9.93. The average Bonchev–Trinajstić information content (AvgIpc) is 2.84. The van der Waals surface area contributed by atoms with Crippen LogP contribution in [-0.4, -0.2) is 61.7 Å². The van der Waals surface area contributed by atoms with Gasteiger partial charge < -0.3 is 20.2 Å². The fourth-order valence-corrected chi connectivity index (χ4v) is 8.12. The maximum atomic E-state index is 14.7. The number of carbonyl (C=O) groups is 1. The van der Waals surface area contributed by atoms with Crippen LogP contribution in [0.3, 0.4) is 0 Å². The molecular formula is C27H34FN5O4S. The van der Waals surface area contributed by atoms with Crippen molar-refractivity contribution in [2.45, 2.75) is 61.6 Å². The number of aliphatic hydroxyl groups is 1. The molecule has 38 heavy (non-hydrogen) atoms. The average molecular weight is 544 g/mol. The Morgan fingerprint density at radius 2 is 1.89 bits per heavy atom. The molecule has 7 rings (SSSR count). The molecule has 1 aromatic heterocycles. The molecule has 1 aliphatic heterocycles. The lowest BCUT2D eigenvalue weighted by atomic mass is 9.52. The number of aromatic nitrogens is 1. The first-order chi connectivity index (χ1) is 18.0. The van der Waals surface area contributed by atoms with Crippen molar-refractivity contribution in [1.82, 2.24) is 10.3 Å². The highest BCUT2D eigenvalue weighted by Crippen LogP contribution is 2.55. The molecule has 4 N–H and O–H groups in total. The number of hydrogen-bond donors (Lipinski definition) is 3. The summed E-state index contributed by atoms with van der Waals surface area (Å²) in [5.74, 6) is 1.10. The van der Waals surface area contributed by atoms with E-state index in [-0.39, 0.29) is 22.9 Å². The second-order valence-corrected chi connectivity index (χ2v) is 13.3. The van der Waals surface area contributed by atoms with Gasteiger partial charge in [0.1, 0.15) is 17.3 Å². The van der Waals surface area contributed by atoms with Crippen molar-refractivity contribution in [2.24, 2.45) is 22.9 Å². The van der Waals surface area contributed by atoms with Gasteiger partial charge >= 0.3 is 0 Å². The monoisotopic (exact) mass is 543 g/mol. The third kappa shape index (κ3) is 4.65. The summed E-state index contributed by atoms with van der Waals surface area (Å²) in [7, 11) is -3.98. The van der Waals surface area contributed by atoms with Gasteiger partial charge in [-0.1, -0.05) is 6.07 Å². The lowest BCUT2D eigenvalue weighted by molar-refractivity contribution is -0.136. The second kappa shape index (κ2) is 9.17. The van der Waals surface area contributed by atoms with Gasteiger partial charge in [-0.05, 0) is 87.1 Å². The zero-order valence-electron chi connectivity index (χ0n) is 21.4. The molecule has 1 amide bonds. The minimum Gasteiger partial charge on any atom is -0.390 e. The molecule has 4 aliphatic carbocycles. The highest BCUT2D eigenvalue weighted by Gasteiger charge is 2.55. The second-order valence-electron chi connectivity index (χ2n) is 11.7. The van der Waals surface area contributed by atoms with E-state index < -0.39 is 21.4 Å². The van der Waals surface area contributed by atoms with Gasteiger partial charge in [0.15, 0.2) is 0 Å². The van der Waals surface area contributed by atoms with E-state index in [1.807, 2.05) is 24.0 Å². The van der Waals surface area contributed by atoms with Gasteiger partial charge in [-0.3, -0.25) is 4.79 Å². The Morgan fingerprint density at radius 1 is 1.16 bits per heavy atom. The maximum absolute atomic E-state index is 14.7. The predicted octanol–water partition coefficient (Wildman–Crippen LogP) is 2.25. The number of primary sulfonamides is 1. The first-order valence-electron chi connectivity index (χ1n) is 13.3. The van der Waals surface area contributed by atoms with E-state index in [1.165, 1.54) is 12.1 Å². The van der Waals surface area contributed by atoms with Crippen molar-refractivity contribution in [3.8, 4) is 0 Å². The van der Waals surface area contributed by atoms with Crippen LogP contribution in [0.25, 0.3) is 0 Å². The summed E-state index contributed by atoms with van der Waals surface area (Å²) in [5, 5.41) is 19.2. The Labute approximate surface area is 222 Å². The summed E-state index contributed by atoms with van der Waals surface area (Å²) in [5.41, 5.74) is 0.154. The Balaban J connectivity index is 1.13. The number of nitrogens with two attached hydrogens (primary N) is 1. The molecule has 2 aromatic rings. The molecule has 9 nitrogen and oxygen atoms in total. The number of anilines is 2. The van der Waals surface area contributed by atoms with Gasteiger partial charge in [0.2, 0.25) is 10.0 Å². The molecule has 2 heterocycles. The van der Waals surface area contributed by atoms with E-state index in [0.717, 1.165) is 38.2 Å². The van der Waals surface area contributed by atoms with E-state index in [0.29, 0.717) is 54.6 Å². The largest absolute Gasteiger partial charge is 0.390 e. The number of pyridine rings is 1. The van der Waals surface area contributed by atoms with Crippen molar-refractivity contribution < 1.29 is 22.7 Å². The number of rotatable bonds is 5. The number of sulfonamides is 1. The van der Waals surface area contributed by atoms with Crippen molar-refractivity contribution in [1.29, 1.82) is 0 Å². The van der Waals surface area contributed by atoms with Gasteiger partial charge in [0.05, 0.1) is 16.2 Å². The van der Waals surface area contributed by atoms with E-state index in [1.54, 1.807) is 6.07 Å². The number of nitrogens with one attached hydrogen (secondary N) is 1. The minimum absolute atomic E-state index is 0.0305. The number of nitrogens with zero attached hydrogens (tertiary/aromatic N) is 3. The van der Waals surface area contributed by atoms with Crippen LogP contribution in [-0.2, 0) is 10.0 Å². The number of halogens is 1. The van der Waals surface area contributed by atoms with Gasteiger partial charge in [-0.25, -0.2) is 22.9 Å². The summed E-state index contributed by atoms with van der Waals surface area (Å²) in [6.07, 6.45) is 4.59. The van der Waals surface area contributed by atoms with Crippen molar-refractivity contribution in [2.75, 3.05) is 29.4 Å². The van der Waals surface area contributed by atoms with E-state index in [2.05, 4.69) is 15.2 Å². The van der Waals surface area contributed by atoms with Crippen LogP contribution in [0.1, 0.15) is 49.5 Å². The Hall–Kier alpha value is -2.76. The zero-order chi connectivity index (χ0) is 26.8. The molecule has 5 fully saturated rings. The van der Waals surface area contributed by atoms with Crippen LogP contribution >= 0.6 is 0 Å². The standard InChI is InChI=1S/C27H34FN5O4S/c1-16-15-32(23-6-5-20(11-21(23)28)38(29,36)37)7-8-33(16)24-4-2-3-22(30-24)26(34)31-25-18-9-17-10-19(25)14-27(35,12-17)13-18/h2-6,11,16-19,25,35H,7-10,12-15H2,1H3,(H,31,34)(H2,29,36,37)/t16-,17?,18?,19?,25-,27-/m1/s1. The van der Waals surface area contributed by atoms with Gasteiger partial charge in [-0.2, -0.15) is 0 Å².